The average Bonchev–Trinajstić information content (AvgIpc) is 2.32. The topological polar surface area (TPSA) is 43.8 Å². The van der Waals surface area contributed by atoms with Crippen molar-refractivity contribution >= 4 is 0 Å². The average molecular weight is 167 g/mol. The molecule has 0 aromatic carbocycles. The van der Waals surface area contributed by atoms with E-state index in [1.54, 1.807) is 0 Å². The molecule has 0 radical (unpaired) electrons. The van der Waals surface area contributed by atoms with Crippen molar-refractivity contribution < 1.29 is 0 Å². The summed E-state index contributed by atoms with van der Waals surface area (Å²) in [6.07, 6.45) is 2.85. The number of nitrogens with zero attached hydrogens (tertiary/aromatic N) is 2. The van der Waals surface area contributed by atoms with Gasteiger partial charge < -0.3 is 5.73 Å². The van der Waals surface area contributed by atoms with Crippen LogP contribution in [0.4, 0.5) is 0 Å². The summed E-state index contributed by atoms with van der Waals surface area (Å²) in [6.45, 7) is 5.06. The first-order chi connectivity index (χ1) is 5.66. The quantitative estimate of drug-likeness (QED) is 0.731. The maximum atomic E-state index is 5.50. The van der Waals surface area contributed by atoms with Gasteiger partial charge in [-0.1, -0.05) is 13.8 Å². The lowest BCUT2D eigenvalue weighted by Crippen LogP contribution is -2.07. The van der Waals surface area contributed by atoms with Gasteiger partial charge in [-0.3, -0.25) is 4.68 Å². The molecule has 2 N–H and O–H groups in total. The van der Waals surface area contributed by atoms with E-state index in [4.69, 9.17) is 5.73 Å². The molecule has 1 aromatic heterocycles. The number of nitrogens with two attached hydrogens (primary N) is 1. The molecule has 68 valence electrons. The lowest BCUT2D eigenvalue weighted by Gasteiger charge is -2.08. The first-order valence-electron chi connectivity index (χ1n) is 4.37. The van der Waals surface area contributed by atoms with Crippen molar-refractivity contribution in [2.75, 3.05) is 6.54 Å². The lowest BCUT2D eigenvalue weighted by molar-refractivity contribution is 0.663. The molecule has 12 heavy (non-hydrogen) atoms. The predicted octanol–water partition coefficient (Wildman–Crippen LogP) is 1.04. The Hall–Kier alpha value is -0.830. The van der Waals surface area contributed by atoms with Gasteiger partial charge in [0.2, 0.25) is 0 Å². The maximum absolute atomic E-state index is 5.50. The fourth-order valence-electron chi connectivity index (χ4n) is 1.59. The van der Waals surface area contributed by atoms with E-state index in [9.17, 15) is 0 Å². The van der Waals surface area contributed by atoms with Crippen LogP contribution in [-0.4, -0.2) is 16.3 Å². The van der Waals surface area contributed by atoms with Crippen LogP contribution in [0.3, 0.4) is 0 Å². The first kappa shape index (κ1) is 9.26. The highest BCUT2D eigenvalue weighted by Gasteiger charge is 2.10. The van der Waals surface area contributed by atoms with Crippen molar-refractivity contribution in [2.24, 2.45) is 12.8 Å². The minimum absolute atomic E-state index is 0.527. The Labute approximate surface area is 73.6 Å². The molecule has 1 heterocycles. The third-order valence-electron chi connectivity index (χ3n) is 2.02. The number of hydrogen-bond acceptors (Lipinski definition) is 2. The van der Waals surface area contributed by atoms with Gasteiger partial charge in [-0.2, -0.15) is 5.10 Å². The van der Waals surface area contributed by atoms with E-state index >= 15 is 0 Å². The predicted molar refractivity (Wildman–Crippen MR) is 50.1 cm³/mol. The smallest absolute Gasteiger partial charge is 0.0525 e. The van der Waals surface area contributed by atoms with Crippen molar-refractivity contribution in [2.45, 2.75) is 26.2 Å². The SMILES string of the molecule is CC(C)c1c(CCN)cnn1C. The summed E-state index contributed by atoms with van der Waals surface area (Å²) in [5, 5.41) is 4.22. The van der Waals surface area contributed by atoms with E-state index in [1.165, 1.54) is 11.3 Å². The Morgan fingerprint density at radius 1 is 1.58 bits per heavy atom. The molecule has 0 atom stereocenters. The second kappa shape index (κ2) is 3.72. The third-order valence-corrected chi connectivity index (χ3v) is 2.02. The monoisotopic (exact) mass is 167 g/mol. The number of aryl methyl sites for hydroxylation is 1. The maximum Gasteiger partial charge on any atom is 0.0525 e. The normalized spacial score (nSPS) is 11.1. The molecular weight excluding hydrogens is 150 g/mol. The second-order valence-electron chi connectivity index (χ2n) is 3.37. The van der Waals surface area contributed by atoms with E-state index in [0.717, 1.165) is 6.42 Å². The van der Waals surface area contributed by atoms with E-state index in [0.29, 0.717) is 12.5 Å². The second-order valence-corrected chi connectivity index (χ2v) is 3.37. The van der Waals surface area contributed by atoms with Crippen LogP contribution in [-0.2, 0) is 13.5 Å². The van der Waals surface area contributed by atoms with Crippen LogP contribution in [0, 0.1) is 0 Å². The molecule has 0 aliphatic heterocycles. The van der Waals surface area contributed by atoms with Crippen molar-refractivity contribution in [3.05, 3.63) is 17.5 Å². The summed E-state index contributed by atoms with van der Waals surface area (Å²) in [4.78, 5) is 0. The highest BCUT2D eigenvalue weighted by molar-refractivity contribution is 5.21. The Morgan fingerprint density at radius 2 is 2.25 bits per heavy atom. The van der Waals surface area contributed by atoms with Gasteiger partial charge in [0.1, 0.15) is 0 Å². The Kier molecular flexibility index (Phi) is 2.87. The zero-order valence-corrected chi connectivity index (χ0v) is 8.04. The van der Waals surface area contributed by atoms with E-state index < -0.39 is 0 Å². The minimum atomic E-state index is 0.527. The molecule has 0 spiro atoms. The molecule has 0 bridgehead atoms. The molecule has 0 unspecified atom stereocenters. The van der Waals surface area contributed by atoms with Crippen LogP contribution in [0.15, 0.2) is 6.20 Å². The molecule has 0 saturated carbocycles. The Bertz CT molecular complexity index is 250. The van der Waals surface area contributed by atoms with Gasteiger partial charge in [0, 0.05) is 12.7 Å². The molecule has 0 amide bonds. The highest BCUT2D eigenvalue weighted by Crippen LogP contribution is 2.18. The summed E-state index contributed by atoms with van der Waals surface area (Å²) in [6, 6.07) is 0. The van der Waals surface area contributed by atoms with Gasteiger partial charge in [-0.15, -0.1) is 0 Å². The summed E-state index contributed by atoms with van der Waals surface area (Å²) in [5.41, 5.74) is 8.09. The van der Waals surface area contributed by atoms with Crippen LogP contribution < -0.4 is 5.73 Å². The van der Waals surface area contributed by atoms with Crippen LogP contribution >= 0.6 is 0 Å². The van der Waals surface area contributed by atoms with E-state index in [-0.39, 0.29) is 0 Å². The van der Waals surface area contributed by atoms with Gasteiger partial charge in [-0.05, 0) is 24.4 Å². The lowest BCUT2D eigenvalue weighted by atomic mass is 10.0. The summed E-state index contributed by atoms with van der Waals surface area (Å²) >= 11 is 0. The fourth-order valence-corrected chi connectivity index (χ4v) is 1.59. The summed E-state index contributed by atoms with van der Waals surface area (Å²) in [7, 11) is 1.98. The van der Waals surface area contributed by atoms with E-state index in [2.05, 4.69) is 18.9 Å². The molecule has 1 aromatic rings. The molecule has 0 saturated heterocycles. The molecule has 3 heteroatoms. The number of rotatable bonds is 3. The van der Waals surface area contributed by atoms with Crippen LogP contribution in [0.1, 0.15) is 31.0 Å². The fraction of sp³-hybridized carbons (Fsp3) is 0.667. The number of hydrogen-bond donors (Lipinski definition) is 1. The summed E-state index contributed by atoms with van der Waals surface area (Å²) in [5.74, 6) is 0.527. The molecule has 3 nitrogen and oxygen atoms in total. The van der Waals surface area contributed by atoms with Crippen molar-refractivity contribution in [3.8, 4) is 0 Å². The van der Waals surface area contributed by atoms with Crippen LogP contribution in [0.25, 0.3) is 0 Å². The van der Waals surface area contributed by atoms with Gasteiger partial charge in [0.15, 0.2) is 0 Å². The third kappa shape index (κ3) is 1.67. The van der Waals surface area contributed by atoms with Crippen molar-refractivity contribution in [3.63, 3.8) is 0 Å². The van der Waals surface area contributed by atoms with Gasteiger partial charge in [0.05, 0.1) is 6.20 Å². The van der Waals surface area contributed by atoms with Gasteiger partial charge >= 0.3 is 0 Å². The zero-order chi connectivity index (χ0) is 9.14. The largest absolute Gasteiger partial charge is 0.330 e. The highest BCUT2D eigenvalue weighted by atomic mass is 15.3. The van der Waals surface area contributed by atoms with E-state index in [1.807, 2.05) is 17.9 Å². The Morgan fingerprint density at radius 3 is 2.75 bits per heavy atom. The molecular formula is C9H17N3. The van der Waals surface area contributed by atoms with Gasteiger partial charge in [-0.25, -0.2) is 0 Å². The molecule has 0 fully saturated rings. The standard InChI is InChI=1S/C9H17N3/c1-7(2)9-8(4-5-10)6-11-12(9)3/h6-7H,4-5,10H2,1-3H3. The minimum Gasteiger partial charge on any atom is -0.330 e. The van der Waals surface area contributed by atoms with Crippen LogP contribution in [0.2, 0.25) is 0 Å². The molecule has 0 aliphatic carbocycles. The molecule has 1 rings (SSSR count). The van der Waals surface area contributed by atoms with Crippen LogP contribution in [0.5, 0.6) is 0 Å². The number of aromatic nitrogens is 2. The first-order valence-corrected chi connectivity index (χ1v) is 4.37. The summed E-state index contributed by atoms with van der Waals surface area (Å²) < 4.78 is 1.94. The Balaban J connectivity index is 2.95. The van der Waals surface area contributed by atoms with Gasteiger partial charge in [0.25, 0.3) is 0 Å². The molecule has 0 aliphatic rings. The van der Waals surface area contributed by atoms with Crippen molar-refractivity contribution in [1.29, 1.82) is 0 Å². The van der Waals surface area contributed by atoms with Crippen molar-refractivity contribution in [1.82, 2.24) is 9.78 Å². The zero-order valence-electron chi connectivity index (χ0n) is 8.04.